The van der Waals surface area contributed by atoms with Gasteiger partial charge in [-0.3, -0.25) is 0 Å². The van der Waals surface area contributed by atoms with Gasteiger partial charge >= 0.3 is 0 Å². The largest absolute Gasteiger partial charge is 0.355 e. The van der Waals surface area contributed by atoms with Gasteiger partial charge in [0.25, 0.3) is 28.9 Å². The van der Waals surface area contributed by atoms with E-state index < -0.39 is 0 Å². The smallest absolute Gasteiger partial charge is 0.254 e. The number of aromatic nitrogens is 20. The molecule has 5 aliphatic heterocycles. The maximum absolute atomic E-state index is 14.0. The molecular formula is C81H83F2N25. The normalized spacial score (nSPS) is 15.5. The fraction of sp³-hybridized carbons (Fsp3) is 0.321. The van der Waals surface area contributed by atoms with Gasteiger partial charge in [0.2, 0.25) is 0 Å². The van der Waals surface area contributed by atoms with E-state index in [1.54, 1.807) is 40.1 Å². The van der Waals surface area contributed by atoms with Gasteiger partial charge in [-0.1, -0.05) is 127 Å². The van der Waals surface area contributed by atoms with Gasteiger partial charge in [0.05, 0.1) is 11.7 Å². The van der Waals surface area contributed by atoms with E-state index >= 15 is 0 Å². The van der Waals surface area contributed by atoms with Crippen LogP contribution >= 0.6 is 0 Å². The Balaban J connectivity index is 0.0000000989. The lowest BCUT2D eigenvalue weighted by Crippen LogP contribution is -2.30. The molecule has 546 valence electrons. The summed E-state index contributed by atoms with van der Waals surface area (Å²) in [5, 5.41) is 21.7. The van der Waals surface area contributed by atoms with Crippen molar-refractivity contribution in [1.29, 1.82) is 0 Å². The zero-order valence-electron chi connectivity index (χ0n) is 61.4. The second-order valence-corrected chi connectivity index (χ2v) is 28.4. The van der Waals surface area contributed by atoms with Crippen molar-refractivity contribution in [2.45, 2.75) is 130 Å². The van der Waals surface area contributed by atoms with Gasteiger partial charge in [-0.25, -0.2) is 33.7 Å². The molecule has 0 bridgehead atoms. The van der Waals surface area contributed by atoms with Crippen LogP contribution in [-0.2, 0) is 58.0 Å². The van der Waals surface area contributed by atoms with Crippen LogP contribution in [0.5, 0.6) is 0 Å². The van der Waals surface area contributed by atoms with Crippen LogP contribution in [-0.4, -0.2) is 143 Å². The first kappa shape index (κ1) is 68.8. The van der Waals surface area contributed by atoms with Gasteiger partial charge < -0.3 is 24.5 Å². The Kier molecular flexibility index (Phi) is 18.8. The number of rotatable bonds is 13. The molecule has 0 N–H and O–H groups in total. The molecule has 5 aromatic carbocycles. The highest BCUT2D eigenvalue weighted by Crippen LogP contribution is 2.45. The summed E-state index contributed by atoms with van der Waals surface area (Å²) in [5.74, 6) is 9.11. The van der Waals surface area contributed by atoms with Gasteiger partial charge in [0.15, 0.2) is 0 Å². The van der Waals surface area contributed by atoms with E-state index in [9.17, 15) is 8.78 Å². The quantitative estimate of drug-likeness (QED) is 0.104. The first-order chi connectivity index (χ1) is 52.9. The van der Waals surface area contributed by atoms with E-state index in [1.807, 2.05) is 51.7 Å². The molecule has 1 fully saturated rings. The Morgan fingerprint density at radius 3 is 1.27 bits per heavy atom. The van der Waals surface area contributed by atoms with Crippen molar-refractivity contribution < 1.29 is 8.78 Å². The Bertz CT molecular complexity index is 5740. The summed E-state index contributed by atoms with van der Waals surface area (Å²) in [5.41, 5.74) is 17.1. The van der Waals surface area contributed by atoms with Crippen molar-refractivity contribution in [3.8, 4) is 0 Å². The lowest BCUT2D eigenvalue weighted by Gasteiger charge is -2.27. The first-order valence-electron chi connectivity index (χ1n) is 37.2. The SMILES string of the molecule is Cc1nc2ncnn2c2c1CC(C)N2Cc1ccccc1F.Cc1nc2ncnn2c2c1CCN2C(C)c1ccccc1.Cc1nc2ncnn2c2c1CCN2CCc1ccccc1.Cc1nc2ncnn2c2c1CCN2Cc1ccccc1F.c1ccc(CCN2CCc3c(C4CC4)nc4ncnn4c32)cc1. The molecular weight excluding hydrogens is 1360 g/mol. The monoisotopic (exact) mass is 1440 g/mol. The molecule has 1 aliphatic carbocycles. The van der Waals surface area contributed by atoms with Crippen LogP contribution in [0.1, 0.15) is 123 Å². The fourth-order valence-electron chi connectivity index (χ4n) is 15.9. The minimum atomic E-state index is -0.177. The summed E-state index contributed by atoms with van der Waals surface area (Å²) in [6, 6.07) is 46.2. The molecule has 1 saturated carbocycles. The number of aryl methyl sites for hydroxylation is 4. The molecule has 108 heavy (non-hydrogen) atoms. The Labute approximate surface area is 622 Å². The van der Waals surface area contributed by atoms with Crippen molar-refractivity contribution in [1.82, 2.24) is 97.9 Å². The van der Waals surface area contributed by atoms with Crippen molar-refractivity contribution in [2.24, 2.45) is 0 Å². The van der Waals surface area contributed by atoms with Gasteiger partial charge in [-0.05, 0) is 128 Å². The van der Waals surface area contributed by atoms with Crippen LogP contribution in [0.3, 0.4) is 0 Å². The predicted molar refractivity (Wildman–Crippen MR) is 410 cm³/mol. The van der Waals surface area contributed by atoms with Crippen molar-refractivity contribution in [3.05, 3.63) is 267 Å². The van der Waals surface area contributed by atoms with Crippen LogP contribution in [0.4, 0.5) is 37.9 Å². The van der Waals surface area contributed by atoms with Gasteiger partial charge in [0, 0.05) is 126 Å². The summed E-state index contributed by atoms with van der Waals surface area (Å²) in [6.07, 6.45) is 17.3. The number of hydrogen-bond acceptors (Lipinski definition) is 20. The number of halogens is 2. The summed E-state index contributed by atoms with van der Waals surface area (Å²) in [4.78, 5) is 55.5. The van der Waals surface area contributed by atoms with E-state index in [4.69, 9.17) is 4.98 Å². The Morgan fingerprint density at radius 1 is 0.398 bits per heavy atom. The van der Waals surface area contributed by atoms with Crippen LogP contribution < -0.4 is 24.5 Å². The van der Waals surface area contributed by atoms with Gasteiger partial charge in [-0.2, -0.15) is 73.0 Å². The van der Waals surface area contributed by atoms with E-state index in [1.165, 1.54) is 99.5 Å². The van der Waals surface area contributed by atoms with E-state index in [0.29, 0.717) is 59.3 Å². The standard InChI is InChI=1S/C18H19N5.C16H16FN5.2C16H17N5.C15H14FN5/c1-2-4-13(5-3-1)8-10-22-11-9-15-16(14-6-7-14)21-18-19-12-20-23(18)17(15)22;1-10-7-13-11(2)20-16-18-9-19-22(16)15(13)21(10)8-12-5-3-4-6-14(12)17;1-11-14-8-9-20(12(2)13-6-4-3-5-7-13)15(14)21-16(19-11)17-10-18-21;1-12-14-8-10-20(9-7-13-5-3-2-4-6-13)15(14)21-16(19-12)17-11-18-21;1-10-12-6-7-20(8-11-4-2-3-5-13(11)16)14(12)21-15(19-10)17-9-18-21/h1-5,12,14H,6-11H2;3-6,9-10H,7-8H2,1-2H3;3-7,10,12H,8-9H2,1-2H3;2-6,11H,7-10H2,1H3;2-5,9H,6-8H2,1H3. The topological polar surface area (TPSA) is 232 Å². The molecule has 27 heteroatoms. The fourth-order valence-corrected chi connectivity index (χ4v) is 15.9. The van der Waals surface area contributed by atoms with E-state index in [2.05, 4.69) is 214 Å². The van der Waals surface area contributed by atoms with Gasteiger partial charge in [-0.15, -0.1) is 0 Å². The highest BCUT2D eigenvalue weighted by molar-refractivity contribution is 5.64. The van der Waals surface area contributed by atoms with Gasteiger partial charge in [0.1, 0.15) is 72.4 Å². The van der Waals surface area contributed by atoms with Crippen LogP contribution in [0.15, 0.2) is 171 Å². The van der Waals surface area contributed by atoms with E-state index in [0.717, 1.165) is 130 Å². The number of fused-ring (bicyclic) bond motifs is 15. The van der Waals surface area contributed by atoms with Crippen LogP contribution in [0.2, 0.25) is 0 Å². The van der Waals surface area contributed by atoms with E-state index in [-0.39, 0.29) is 17.7 Å². The number of anilines is 5. The van der Waals surface area contributed by atoms with Crippen molar-refractivity contribution in [3.63, 3.8) is 0 Å². The average molecular weight is 1440 g/mol. The minimum absolute atomic E-state index is 0.174. The summed E-state index contributed by atoms with van der Waals surface area (Å²) in [6.45, 7) is 19.5. The molecule has 0 saturated heterocycles. The summed E-state index contributed by atoms with van der Waals surface area (Å²) in [7, 11) is 0. The summed E-state index contributed by atoms with van der Waals surface area (Å²) >= 11 is 0. The number of hydrogen-bond donors (Lipinski definition) is 0. The first-order valence-corrected chi connectivity index (χ1v) is 37.2. The Morgan fingerprint density at radius 2 is 0.778 bits per heavy atom. The zero-order valence-corrected chi connectivity index (χ0v) is 61.4. The second-order valence-electron chi connectivity index (χ2n) is 28.4. The third kappa shape index (κ3) is 13.5. The summed E-state index contributed by atoms with van der Waals surface area (Å²) < 4.78 is 37.1. The minimum Gasteiger partial charge on any atom is -0.355 e. The highest BCUT2D eigenvalue weighted by atomic mass is 19.1. The van der Waals surface area contributed by atoms with Crippen LogP contribution in [0.25, 0.3) is 28.9 Å². The zero-order chi connectivity index (χ0) is 73.5. The molecule has 0 spiro atoms. The third-order valence-electron chi connectivity index (χ3n) is 21.7. The molecule has 0 radical (unpaired) electrons. The third-order valence-corrected chi connectivity index (χ3v) is 21.7. The molecule has 10 aromatic heterocycles. The molecule has 15 aromatic rings. The molecule has 15 heterocycles. The van der Waals surface area contributed by atoms with Crippen LogP contribution in [0, 0.1) is 39.3 Å². The Hall–Kier alpha value is -12.3. The maximum Gasteiger partial charge on any atom is 0.254 e. The number of benzene rings is 5. The average Bonchev–Trinajstić information content (AvgIpc) is 1.60. The maximum atomic E-state index is 14.0. The molecule has 6 aliphatic rings. The molecule has 25 nitrogen and oxygen atoms in total. The second kappa shape index (κ2) is 29.6. The highest BCUT2D eigenvalue weighted by Gasteiger charge is 2.37. The number of nitrogens with zero attached hydrogens (tertiary/aromatic N) is 25. The van der Waals surface area contributed by atoms with Crippen molar-refractivity contribution in [2.75, 3.05) is 63.8 Å². The lowest BCUT2D eigenvalue weighted by molar-refractivity contribution is 0.590. The molecule has 21 rings (SSSR count). The lowest BCUT2D eigenvalue weighted by atomic mass is 10.1. The predicted octanol–water partition coefficient (Wildman–Crippen LogP) is 11.9. The molecule has 0 amide bonds. The molecule has 2 unspecified atom stereocenters. The molecule has 2 atom stereocenters. The van der Waals surface area contributed by atoms with Crippen molar-refractivity contribution >= 4 is 58.0 Å².